The molecular weight excluding hydrogens is 376 g/mol. The van der Waals surface area contributed by atoms with E-state index in [2.05, 4.69) is 15.1 Å². The number of nitrogen functional groups attached to an aromatic ring is 1. The summed E-state index contributed by atoms with van der Waals surface area (Å²) in [5, 5.41) is 8.79. The molecule has 1 amide bonds. The third-order valence-corrected chi connectivity index (χ3v) is 8.03. The zero-order valence-electron chi connectivity index (χ0n) is 14.6. The van der Waals surface area contributed by atoms with E-state index in [1.807, 2.05) is 4.90 Å². The van der Waals surface area contributed by atoms with Gasteiger partial charge in [-0.1, -0.05) is 11.8 Å². The van der Waals surface area contributed by atoms with Crippen LogP contribution in [0.2, 0.25) is 0 Å². The van der Waals surface area contributed by atoms with Gasteiger partial charge >= 0.3 is 0 Å². The van der Waals surface area contributed by atoms with Crippen molar-refractivity contribution in [3.05, 3.63) is 5.82 Å². The minimum absolute atomic E-state index is 0.0599. The fourth-order valence-corrected chi connectivity index (χ4v) is 6.15. The Balaban J connectivity index is 1.25. The molecule has 0 aromatic carbocycles. The molecule has 2 aliphatic heterocycles. The van der Waals surface area contributed by atoms with Gasteiger partial charge in [0.05, 0.1) is 17.3 Å². The highest BCUT2D eigenvalue weighted by molar-refractivity contribution is 7.99. The van der Waals surface area contributed by atoms with Crippen molar-refractivity contribution in [2.75, 3.05) is 49.3 Å². The highest BCUT2D eigenvalue weighted by atomic mass is 32.2. The average Bonchev–Trinajstić information content (AvgIpc) is 3.31. The Morgan fingerprint density at radius 2 is 1.88 bits per heavy atom. The van der Waals surface area contributed by atoms with E-state index in [1.54, 1.807) is 0 Å². The first-order chi connectivity index (χ1) is 12.4. The number of aromatic nitrogens is 3. The van der Waals surface area contributed by atoms with Crippen LogP contribution in [0, 0.1) is 0 Å². The van der Waals surface area contributed by atoms with Crippen LogP contribution in [0.1, 0.15) is 31.0 Å². The van der Waals surface area contributed by atoms with Gasteiger partial charge in [-0.05, 0) is 19.3 Å². The Morgan fingerprint density at radius 3 is 2.50 bits per heavy atom. The first-order valence-electron chi connectivity index (χ1n) is 8.98. The Morgan fingerprint density at radius 1 is 1.15 bits per heavy atom. The summed E-state index contributed by atoms with van der Waals surface area (Å²) < 4.78 is 24.8. The number of hydrogen-bond acceptors (Lipinski definition) is 8. The number of carbonyl (C=O) groups excluding carboxylic acids is 1. The van der Waals surface area contributed by atoms with Crippen molar-refractivity contribution in [2.45, 2.75) is 36.4 Å². The van der Waals surface area contributed by atoms with Crippen LogP contribution in [0.4, 0.5) is 0 Å². The smallest absolute Gasteiger partial charge is 0.233 e. The molecule has 1 saturated carbocycles. The van der Waals surface area contributed by atoms with Gasteiger partial charge in [0.2, 0.25) is 11.1 Å². The second-order valence-electron chi connectivity index (χ2n) is 7.25. The van der Waals surface area contributed by atoms with E-state index in [0.29, 0.717) is 30.6 Å². The predicted molar refractivity (Wildman–Crippen MR) is 98.1 cm³/mol. The molecule has 0 spiro atoms. The Labute approximate surface area is 157 Å². The molecule has 0 radical (unpaired) electrons. The lowest BCUT2D eigenvalue weighted by Crippen LogP contribution is -2.52. The third-order valence-electron chi connectivity index (χ3n) is 5.35. The quantitative estimate of drug-likeness (QED) is 0.509. The summed E-state index contributed by atoms with van der Waals surface area (Å²) in [7, 11) is -2.87. The summed E-state index contributed by atoms with van der Waals surface area (Å²) in [6.45, 7) is 2.74. The van der Waals surface area contributed by atoms with E-state index < -0.39 is 9.84 Å². The van der Waals surface area contributed by atoms with Gasteiger partial charge in [-0.15, -0.1) is 10.2 Å². The van der Waals surface area contributed by atoms with Crippen molar-refractivity contribution >= 4 is 27.5 Å². The van der Waals surface area contributed by atoms with Gasteiger partial charge in [0.1, 0.15) is 0 Å². The van der Waals surface area contributed by atoms with E-state index in [4.69, 9.17) is 5.84 Å². The van der Waals surface area contributed by atoms with E-state index in [1.165, 1.54) is 16.4 Å². The normalized spacial score (nSPS) is 26.3. The molecule has 1 aromatic rings. The van der Waals surface area contributed by atoms with Gasteiger partial charge in [0, 0.05) is 38.1 Å². The minimum atomic E-state index is -2.87. The first kappa shape index (κ1) is 18.1. The highest BCUT2D eigenvalue weighted by Gasteiger charge is 2.34. The van der Waals surface area contributed by atoms with Gasteiger partial charge in [-0.2, -0.15) is 0 Å². The van der Waals surface area contributed by atoms with Crippen molar-refractivity contribution in [1.82, 2.24) is 24.7 Å². The van der Waals surface area contributed by atoms with Crippen molar-refractivity contribution < 1.29 is 13.2 Å². The molecule has 1 unspecified atom stereocenters. The van der Waals surface area contributed by atoms with Gasteiger partial charge in [-0.25, -0.2) is 13.1 Å². The number of hydrogen-bond donors (Lipinski definition) is 1. The molecule has 3 aliphatic rings. The maximum absolute atomic E-state index is 12.5. The Hall–Kier alpha value is -1.33. The summed E-state index contributed by atoms with van der Waals surface area (Å²) in [6, 6.07) is 0.114. The molecule has 26 heavy (non-hydrogen) atoms. The zero-order chi connectivity index (χ0) is 18.3. The lowest BCUT2D eigenvalue weighted by Gasteiger charge is -2.37. The summed E-state index contributed by atoms with van der Waals surface area (Å²) >= 11 is 1.32. The number of piperazine rings is 1. The maximum atomic E-state index is 12.5. The van der Waals surface area contributed by atoms with E-state index >= 15 is 0 Å². The van der Waals surface area contributed by atoms with Gasteiger partial charge in [0.15, 0.2) is 15.7 Å². The standard InChI is InChI=1S/C15H24N6O3S2/c16-21-14(11-1-2-11)17-18-15(21)25-9-13(22)20-6-4-19(5-7-20)12-3-8-26(23,24)10-12/h11-12H,1-10,16H2. The van der Waals surface area contributed by atoms with Crippen molar-refractivity contribution in [3.8, 4) is 0 Å². The molecule has 1 aliphatic carbocycles. The fourth-order valence-electron chi connectivity index (χ4n) is 3.62. The van der Waals surface area contributed by atoms with Crippen LogP contribution >= 0.6 is 11.8 Å². The van der Waals surface area contributed by atoms with E-state index in [-0.39, 0.29) is 29.2 Å². The number of nitrogens with two attached hydrogens (primary N) is 1. The molecule has 144 valence electrons. The van der Waals surface area contributed by atoms with Gasteiger partial charge < -0.3 is 10.7 Å². The van der Waals surface area contributed by atoms with Crippen molar-refractivity contribution in [2.24, 2.45) is 0 Å². The summed E-state index contributed by atoms with van der Waals surface area (Å²) in [4.78, 5) is 16.5. The topological polar surface area (TPSA) is 114 Å². The summed E-state index contributed by atoms with van der Waals surface area (Å²) in [5.74, 6) is 8.13. The van der Waals surface area contributed by atoms with E-state index in [9.17, 15) is 13.2 Å². The maximum Gasteiger partial charge on any atom is 0.233 e. The molecular formula is C15H24N6O3S2. The van der Waals surface area contributed by atoms with Crippen LogP contribution in [0.25, 0.3) is 0 Å². The van der Waals surface area contributed by atoms with Crippen LogP contribution < -0.4 is 5.84 Å². The monoisotopic (exact) mass is 400 g/mol. The van der Waals surface area contributed by atoms with Gasteiger partial charge in [0.25, 0.3) is 0 Å². The first-order valence-corrected chi connectivity index (χ1v) is 11.8. The third kappa shape index (κ3) is 3.84. The van der Waals surface area contributed by atoms with Crippen LogP contribution in [-0.2, 0) is 14.6 Å². The lowest BCUT2D eigenvalue weighted by atomic mass is 10.2. The fraction of sp³-hybridized carbons (Fsp3) is 0.800. The number of thioether (sulfide) groups is 1. The molecule has 0 bridgehead atoms. The SMILES string of the molecule is Nn1c(SCC(=O)N2CCN(C3CCS(=O)(=O)C3)CC2)nnc1C1CC1. The second kappa shape index (κ2) is 7.01. The molecule has 9 nitrogen and oxygen atoms in total. The van der Waals surface area contributed by atoms with Crippen LogP contribution in [0.3, 0.4) is 0 Å². The molecule has 4 rings (SSSR count). The zero-order valence-corrected chi connectivity index (χ0v) is 16.2. The van der Waals surface area contributed by atoms with Crippen LogP contribution in [-0.4, -0.2) is 88.5 Å². The van der Waals surface area contributed by atoms with E-state index in [0.717, 1.165) is 31.8 Å². The molecule has 2 saturated heterocycles. The molecule has 11 heteroatoms. The largest absolute Gasteiger partial charge is 0.339 e. The van der Waals surface area contributed by atoms with Crippen molar-refractivity contribution in [3.63, 3.8) is 0 Å². The Kier molecular flexibility index (Phi) is 4.86. The molecule has 3 heterocycles. The predicted octanol–water partition coefficient (Wildman–Crippen LogP) is -0.707. The summed E-state index contributed by atoms with van der Waals surface area (Å²) in [5.41, 5.74) is 0. The number of sulfone groups is 1. The number of nitrogens with zero attached hydrogens (tertiary/aromatic N) is 5. The average molecular weight is 401 g/mol. The lowest BCUT2D eigenvalue weighted by molar-refractivity contribution is -0.130. The number of amides is 1. The van der Waals surface area contributed by atoms with Crippen LogP contribution in [0.15, 0.2) is 5.16 Å². The summed E-state index contributed by atoms with van der Waals surface area (Å²) in [6.07, 6.45) is 2.92. The molecule has 1 atom stereocenters. The minimum Gasteiger partial charge on any atom is -0.339 e. The second-order valence-corrected chi connectivity index (χ2v) is 10.4. The molecule has 1 aromatic heterocycles. The number of rotatable bonds is 5. The van der Waals surface area contributed by atoms with Gasteiger partial charge in [-0.3, -0.25) is 9.69 Å². The number of carbonyl (C=O) groups is 1. The highest BCUT2D eigenvalue weighted by Crippen LogP contribution is 2.39. The molecule has 2 N–H and O–H groups in total. The van der Waals surface area contributed by atoms with Crippen LogP contribution in [0.5, 0.6) is 0 Å². The molecule has 3 fully saturated rings. The van der Waals surface area contributed by atoms with Crippen molar-refractivity contribution in [1.29, 1.82) is 0 Å². The Bertz CT molecular complexity index is 783.